The number of carbonyl (C=O) groups is 1. The summed E-state index contributed by atoms with van der Waals surface area (Å²) in [4.78, 5) is 27.3. The standard InChI is InChI=1S/C11H12BrN3O4/c1-6-4-14(5-8(6)11(16)17)10-9(15(18)19)2-7(12)3-13-10/h2-3,6,8H,4-5H2,1H3,(H,16,17). The van der Waals surface area contributed by atoms with Crippen LogP contribution in [0.3, 0.4) is 0 Å². The Morgan fingerprint density at radius 1 is 1.63 bits per heavy atom. The summed E-state index contributed by atoms with van der Waals surface area (Å²) in [6, 6.07) is 1.38. The Hall–Kier alpha value is -1.70. The van der Waals surface area contributed by atoms with Crippen LogP contribution in [0.25, 0.3) is 0 Å². The molecule has 1 fully saturated rings. The van der Waals surface area contributed by atoms with E-state index < -0.39 is 16.8 Å². The van der Waals surface area contributed by atoms with E-state index in [-0.39, 0.29) is 24.0 Å². The van der Waals surface area contributed by atoms with Crippen LogP contribution in [0.1, 0.15) is 6.92 Å². The minimum Gasteiger partial charge on any atom is -0.481 e. The summed E-state index contributed by atoms with van der Waals surface area (Å²) in [6.07, 6.45) is 1.47. The predicted molar refractivity (Wildman–Crippen MR) is 71.1 cm³/mol. The average molecular weight is 330 g/mol. The van der Waals surface area contributed by atoms with E-state index >= 15 is 0 Å². The highest BCUT2D eigenvalue weighted by Crippen LogP contribution is 2.34. The van der Waals surface area contributed by atoms with Gasteiger partial charge in [0.15, 0.2) is 0 Å². The van der Waals surface area contributed by atoms with Crippen molar-refractivity contribution in [3.63, 3.8) is 0 Å². The molecule has 1 N–H and O–H groups in total. The quantitative estimate of drug-likeness (QED) is 0.672. The fourth-order valence-corrected chi connectivity index (χ4v) is 2.58. The molecule has 0 bridgehead atoms. The van der Waals surface area contributed by atoms with Crippen molar-refractivity contribution in [3.8, 4) is 0 Å². The summed E-state index contributed by atoms with van der Waals surface area (Å²) >= 11 is 3.14. The van der Waals surface area contributed by atoms with Gasteiger partial charge < -0.3 is 10.0 Å². The van der Waals surface area contributed by atoms with Gasteiger partial charge in [-0.1, -0.05) is 6.92 Å². The number of hydrogen-bond acceptors (Lipinski definition) is 5. The second-order valence-corrected chi connectivity index (χ2v) is 5.50. The van der Waals surface area contributed by atoms with Gasteiger partial charge in [0.1, 0.15) is 0 Å². The van der Waals surface area contributed by atoms with Gasteiger partial charge in [-0.05, 0) is 21.8 Å². The van der Waals surface area contributed by atoms with E-state index in [9.17, 15) is 14.9 Å². The van der Waals surface area contributed by atoms with Crippen molar-refractivity contribution in [2.45, 2.75) is 6.92 Å². The number of nitrogens with zero attached hydrogens (tertiary/aromatic N) is 3. The highest BCUT2D eigenvalue weighted by Gasteiger charge is 2.37. The summed E-state index contributed by atoms with van der Waals surface area (Å²) in [7, 11) is 0. The van der Waals surface area contributed by atoms with Crippen molar-refractivity contribution in [2.24, 2.45) is 11.8 Å². The molecule has 102 valence electrons. The van der Waals surface area contributed by atoms with Gasteiger partial charge in [-0.25, -0.2) is 4.98 Å². The van der Waals surface area contributed by atoms with Crippen LogP contribution in [0, 0.1) is 22.0 Å². The molecule has 0 spiro atoms. The van der Waals surface area contributed by atoms with Gasteiger partial charge in [-0.15, -0.1) is 0 Å². The second-order valence-electron chi connectivity index (χ2n) is 4.58. The summed E-state index contributed by atoms with van der Waals surface area (Å²) in [5.41, 5.74) is -0.118. The maximum absolute atomic E-state index is 11.1. The first-order valence-corrected chi connectivity index (χ1v) is 6.47. The third-order valence-corrected chi connectivity index (χ3v) is 3.67. The molecule has 0 aliphatic carbocycles. The van der Waals surface area contributed by atoms with Crippen molar-refractivity contribution in [3.05, 3.63) is 26.9 Å². The molecule has 1 saturated heterocycles. The minimum absolute atomic E-state index is 0.0671. The number of carboxylic acid groups (broad SMARTS) is 1. The number of hydrogen-bond donors (Lipinski definition) is 1. The van der Waals surface area contributed by atoms with E-state index in [1.165, 1.54) is 12.3 Å². The third kappa shape index (κ3) is 2.67. The van der Waals surface area contributed by atoms with Gasteiger partial charge >= 0.3 is 11.7 Å². The molecule has 1 aromatic heterocycles. The molecule has 0 saturated carbocycles. The second kappa shape index (κ2) is 5.12. The topological polar surface area (TPSA) is 96.6 Å². The molecule has 2 atom stereocenters. The first-order chi connectivity index (χ1) is 8.90. The zero-order valence-corrected chi connectivity index (χ0v) is 11.7. The molecule has 2 unspecified atom stereocenters. The largest absolute Gasteiger partial charge is 0.481 e. The minimum atomic E-state index is -0.880. The monoisotopic (exact) mass is 329 g/mol. The van der Waals surface area contributed by atoms with Crippen molar-refractivity contribution >= 4 is 33.4 Å². The van der Waals surface area contributed by atoms with Crippen molar-refractivity contribution in [2.75, 3.05) is 18.0 Å². The van der Waals surface area contributed by atoms with Crippen LogP contribution in [-0.4, -0.2) is 34.1 Å². The number of aromatic nitrogens is 1. The Morgan fingerprint density at radius 3 is 2.84 bits per heavy atom. The van der Waals surface area contributed by atoms with Gasteiger partial charge in [0.2, 0.25) is 5.82 Å². The van der Waals surface area contributed by atoms with E-state index in [4.69, 9.17) is 5.11 Å². The Labute approximate surface area is 117 Å². The van der Waals surface area contributed by atoms with Crippen LogP contribution in [-0.2, 0) is 4.79 Å². The SMILES string of the molecule is CC1CN(c2ncc(Br)cc2[N+](=O)[O-])CC1C(=O)O. The summed E-state index contributed by atoms with van der Waals surface area (Å²) in [5.74, 6) is -1.24. The molecular formula is C11H12BrN3O4. The number of aliphatic carboxylic acids is 1. The van der Waals surface area contributed by atoms with Gasteiger partial charge in [-0.2, -0.15) is 0 Å². The van der Waals surface area contributed by atoms with E-state index in [0.717, 1.165) is 0 Å². The smallest absolute Gasteiger partial charge is 0.312 e. The number of carboxylic acids is 1. The highest BCUT2D eigenvalue weighted by atomic mass is 79.9. The van der Waals surface area contributed by atoms with E-state index in [1.54, 1.807) is 4.90 Å². The Balaban J connectivity index is 2.33. The van der Waals surface area contributed by atoms with Crippen LogP contribution in [0.2, 0.25) is 0 Å². The van der Waals surface area contributed by atoms with Crippen LogP contribution in [0.15, 0.2) is 16.7 Å². The summed E-state index contributed by atoms with van der Waals surface area (Å²) in [5, 5.41) is 20.1. The molecular weight excluding hydrogens is 318 g/mol. The fraction of sp³-hybridized carbons (Fsp3) is 0.455. The lowest BCUT2D eigenvalue weighted by atomic mass is 9.99. The molecule has 1 aliphatic heterocycles. The number of anilines is 1. The summed E-state index contributed by atoms with van der Waals surface area (Å²) in [6.45, 7) is 2.52. The van der Waals surface area contributed by atoms with E-state index in [1.807, 2.05) is 6.92 Å². The molecule has 0 amide bonds. The number of rotatable bonds is 3. The molecule has 1 aliphatic rings. The van der Waals surface area contributed by atoms with Crippen molar-refractivity contribution in [1.29, 1.82) is 0 Å². The van der Waals surface area contributed by atoms with Crippen LogP contribution >= 0.6 is 15.9 Å². The van der Waals surface area contributed by atoms with E-state index in [2.05, 4.69) is 20.9 Å². The summed E-state index contributed by atoms with van der Waals surface area (Å²) < 4.78 is 0.518. The third-order valence-electron chi connectivity index (χ3n) is 3.24. The van der Waals surface area contributed by atoms with Crippen LogP contribution in [0.5, 0.6) is 0 Å². The molecule has 7 nitrogen and oxygen atoms in total. The van der Waals surface area contributed by atoms with Gasteiger partial charge in [0.25, 0.3) is 0 Å². The first-order valence-electron chi connectivity index (χ1n) is 5.68. The Bertz CT molecular complexity index is 537. The normalized spacial score (nSPS) is 22.5. The highest BCUT2D eigenvalue weighted by molar-refractivity contribution is 9.10. The molecule has 0 aromatic carbocycles. The average Bonchev–Trinajstić information content (AvgIpc) is 2.71. The van der Waals surface area contributed by atoms with Gasteiger partial charge in [-0.3, -0.25) is 14.9 Å². The van der Waals surface area contributed by atoms with Gasteiger partial charge in [0.05, 0.1) is 10.8 Å². The maximum atomic E-state index is 11.1. The molecule has 8 heteroatoms. The molecule has 1 aromatic rings. The Kier molecular flexibility index (Phi) is 3.70. The first kappa shape index (κ1) is 13.7. The van der Waals surface area contributed by atoms with Crippen molar-refractivity contribution in [1.82, 2.24) is 4.98 Å². The lowest BCUT2D eigenvalue weighted by molar-refractivity contribution is -0.384. The lowest BCUT2D eigenvalue weighted by Gasteiger charge is -2.16. The number of nitro groups is 1. The molecule has 0 radical (unpaired) electrons. The number of pyridine rings is 1. The van der Waals surface area contributed by atoms with Gasteiger partial charge in [0, 0.05) is 29.8 Å². The predicted octanol–water partition coefficient (Wildman–Crippen LogP) is 1.91. The lowest BCUT2D eigenvalue weighted by Crippen LogP contribution is -2.24. The van der Waals surface area contributed by atoms with Crippen LogP contribution < -0.4 is 4.90 Å². The van der Waals surface area contributed by atoms with Crippen LogP contribution in [0.4, 0.5) is 11.5 Å². The molecule has 2 heterocycles. The molecule has 2 rings (SSSR count). The molecule has 19 heavy (non-hydrogen) atoms. The fourth-order valence-electron chi connectivity index (χ4n) is 2.26. The zero-order chi connectivity index (χ0) is 14.2. The van der Waals surface area contributed by atoms with Crippen molar-refractivity contribution < 1.29 is 14.8 Å². The number of halogens is 1. The Morgan fingerprint density at radius 2 is 2.32 bits per heavy atom. The van der Waals surface area contributed by atoms with E-state index in [0.29, 0.717) is 11.0 Å². The maximum Gasteiger partial charge on any atom is 0.312 e. The zero-order valence-electron chi connectivity index (χ0n) is 10.1.